The molecule has 1 aromatic carbocycles. The van der Waals surface area contributed by atoms with Gasteiger partial charge in [0.15, 0.2) is 0 Å². The number of nitrogen functional groups attached to an aromatic ring is 1. The van der Waals surface area contributed by atoms with E-state index in [0.29, 0.717) is 23.0 Å². The van der Waals surface area contributed by atoms with Crippen molar-refractivity contribution in [2.45, 2.75) is 0 Å². The largest absolute Gasteiger partial charge is 0.497 e. The summed E-state index contributed by atoms with van der Waals surface area (Å²) in [5.74, 6) is 0.434. The highest BCUT2D eigenvalue weighted by Gasteiger charge is 2.11. The van der Waals surface area contributed by atoms with Crippen LogP contribution in [0.1, 0.15) is 10.4 Å². The maximum Gasteiger partial charge on any atom is 0.337 e. The van der Waals surface area contributed by atoms with E-state index in [9.17, 15) is 4.79 Å². The first-order valence-corrected chi connectivity index (χ1v) is 6.03. The number of benzene rings is 1. The van der Waals surface area contributed by atoms with Crippen LogP contribution >= 0.6 is 0 Å². The Morgan fingerprint density at radius 3 is 2.67 bits per heavy atom. The molecule has 2 aromatic rings. The number of carboxylic acids is 1. The zero-order valence-electron chi connectivity index (χ0n) is 11.6. The van der Waals surface area contributed by atoms with E-state index in [1.54, 1.807) is 25.3 Å². The van der Waals surface area contributed by atoms with Crippen LogP contribution < -0.4 is 20.5 Å². The van der Waals surface area contributed by atoms with Crippen molar-refractivity contribution in [2.24, 2.45) is 0 Å². The smallest absolute Gasteiger partial charge is 0.337 e. The van der Waals surface area contributed by atoms with Crippen molar-refractivity contribution in [3.63, 3.8) is 0 Å². The predicted octanol–water partition coefficient (Wildman–Crippen LogP) is 2.12. The van der Waals surface area contributed by atoms with Gasteiger partial charge < -0.3 is 25.6 Å². The lowest BCUT2D eigenvalue weighted by molar-refractivity contribution is 0.0698. The van der Waals surface area contributed by atoms with Gasteiger partial charge in [0.25, 0.3) is 0 Å². The van der Waals surface area contributed by atoms with E-state index in [2.05, 4.69) is 10.3 Å². The van der Waals surface area contributed by atoms with Crippen LogP contribution in [0.25, 0.3) is 0 Å². The lowest BCUT2D eigenvalue weighted by Gasteiger charge is -2.12. The number of nitrogens with one attached hydrogen (secondary N) is 1. The Bertz CT molecular complexity index is 673. The summed E-state index contributed by atoms with van der Waals surface area (Å²) in [5.41, 5.74) is 6.29. The molecule has 7 nitrogen and oxygen atoms in total. The van der Waals surface area contributed by atoms with Gasteiger partial charge in [-0.25, -0.2) is 9.78 Å². The molecule has 0 saturated heterocycles. The number of rotatable bonds is 5. The van der Waals surface area contributed by atoms with Crippen molar-refractivity contribution >= 4 is 23.2 Å². The number of aromatic carboxylic acids is 1. The zero-order valence-corrected chi connectivity index (χ0v) is 11.6. The third kappa shape index (κ3) is 3.14. The van der Waals surface area contributed by atoms with Crippen LogP contribution in [0.4, 0.5) is 17.2 Å². The van der Waals surface area contributed by atoms with Gasteiger partial charge in [-0.15, -0.1) is 0 Å². The molecule has 0 bridgehead atoms. The second kappa shape index (κ2) is 6.00. The van der Waals surface area contributed by atoms with Gasteiger partial charge in [-0.05, 0) is 18.2 Å². The molecule has 4 N–H and O–H groups in total. The van der Waals surface area contributed by atoms with E-state index < -0.39 is 5.97 Å². The summed E-state index contributed by atoms with van der Waals surface area (Å²) in [6.07, 6.45) is 1.29. The van der Waals surface area contributed by atoms with E-state index in [-0.39, 0.29) is 11.3 Å². The highest BCUT2D eigenvalue weighted by atomic mass is 16.5. The minimum Gasteiger partial charge on any atom is -0.497 e. The number of hydrogen-bond donors (Lipinski definition) is 3. The van der Waals surface area contributed by atoms with Crippen molar-refractivity contribution in [1.82, 2.24) is 4.98 Å². The Kier molecular flexibility index (Phi) is 4.13. The fourth-order valence-electron chi connectivity index (χ4n) is 1.76. The summed E-state index contributed by atoms with van der Waals surface area (Å²) in [7, 11) is 3.08. The van der Waals surface area contributed by atoms with E-state index in [1.165, 1.54) is 19.4 Å². The maximum atomic E-state index is 11.1. The minimum atomic E-state index is -1.11. The molecule has 7 heteroatoms. The molecule has 0 aliphatic heterocycles. The van der Waals surface area contributed by atoms with Gasteiger partial charge in [0.1, 0.15) is 17.3 Å². The molecule has 0 atom stereocenters. The molecule has 0 spiro atoms. The Morgan fingerprint density at radius 2 is 2.05 bits per heavy atom. The fourth-order valence-corrected chi connectivity index (χ4v) is 1.76. The number of carbonyl (C=O) groups is 1. The Labute approximate surface area is 121 Å². The molecule has 0 unspecified atom stereocenters. The summed E-state index contributed by atoms with van der Waals surface area (Å²) in [4.78, 5) is 15.1. The summed E-state index contributed by atoms with van der Waals surface area (Å²) < 4.78 is 10.4. The third-order valence-corrected chi connectivity index (χ3v) is 2.84. The fraction of sp³-hybridized carbons (Fsp3) is 0.143. The summed E-state index contributed by atoms with van der Waals surface area (Å²) >= 11 is 0. The standard InChI is InChI=1S/C14H15N3O4/c1-20-8-3-4-11(12(5-8)21-2)17-13-6-9(14(18)19)10(15)7-16-13/h3-7H,15H2,1-2H3,(H,16,17)(H,18,19). The number of hydrogen-bond acceptors (Lipinski definition) is 6. The number of nitrogens with zero attached hydrogens (tertiary/aromatic N) is 1. The molecule has 2 rings (SSSR count). The lowest BCUT2D eigenvalue weighted by Crippen LogP contribution is -2.05. The van der Waals surface area contributed by atoms with E-state index in [4.69, 9.17) is 20.3 Å². The molecule has 0 amide bonds. The van der Waals surface area contributed by atoms with Crippen molar-refractivity contribution in [3.8, 4) is 11.5 Å². The predicted molar refractivity (Wildman–Crippen MR) is 78.4 cm³/mol. The lowest BCUT2D eigenvalue weighted by atomic mass is 10.2. The first-order chi connectivity index (χ1) is 10.0. The molecule has 0 aliphatic carbocycles. The van der Waals surface area contributed by atoms with Crippen LogP contribution in [0.15, 0.2) is 30.5 Å². The molecule has 0 saturated carbocycles. The molecular formula is C14H15N3O4. The Balaban J connectivity index is 2.34. The first kappa shape index (κ1) is 14.4. The number of nitrogens with two attached hydrogens (primary N) is 1. The summed E-state index contributed by atoms with van der Waals surface area (Å²) in [5, 5.41) is 12.0. The quantitative estimate of drug-likeness (QED) is 0.773. The monoisotopic (exact) mass is 289 g/mol. The van der Waals surface area contributed by atoms with Crippen molar-refractivity contribution in [2.75, 3.05) is 25.3 Å². The number of ether oxygens (including phenoxy) is 2. The SMILES string of the molecule is COc1ccc(Nc2cc(C(=O)O)c(N)cn2)c(OC)c1. The van der Waals surface area contributed by atoms with Crippen LogP contribution in [0.2, 0.25) is 0 Å². The Morgan fingerprint density at radius 1 is 1.29 bits per heavy atom. The van der Waals surface area contributed by atoms with E-state index in [0.717, 1.165) is 0 Å². The molecule has 1 heterocycles. The topological polar surface area (TPSA) is 107 Å². The molecule has 110 valence electrons. The average molecular weight is 289 g/mol. The van der Waals surface area contributed by atoms with Crippen molar-refractivity contribution < 1.29 is 19.4 Å². The van der Waals surface area contributed by atoms with Gasteiger partial charge >= 0.3 is 5.97 Å². The normalized spacial score (nSPS) is 10.0. The molecule has 21 heavy (non-hydrogen) atoms. The third-order valence-electron chi connectivity index (χ3n) is 2.84. The average Bonchev–Trinajstić information content (AvgIpc) is 2.49. The highest BCUT2D eigenvalue weighted by Crippen LogP contribution is 2.31. The van der Waals surface area contributed by atoms with Gasteiger partial charge in [-0.1, -0.05) is 0 Å². The van der Waals surface area contributed by atoms with Crippen molar-refractivity contribution in [3.05, 3.63) is 36.0 Å². The first-order valence-electron chi connectivity index (χ1n) is 6.03. The van der Waals surface area contributed by atoms with Gasteiger partial charge in [-0.3, -0.25) is 0 Å². The Hall–Kier alpha value is -2.96. The van der Waals surface area contributed by atoms with E-state index >= 15 is 0 Å². The van der Waals surface area contributed by atoms with E-state index in [1.807, 2.05) is 0 Å². The van der Waals surface area contributed by atoms with Crippen LogP contribution in [0.5, 0.6) is 11.5 Å². The van der Waals surface area contributed by atoms with Crippen molar-refractivity contribution in [1.29, 1.82) is 0 Å². The molecule has 0 radical (unpaired) electrons. The molecule has 1 aromatic heterocycles. The summed E-state index contributed by atoms with van der Waals surface area (Å²) in [6, 6.07) is 6.56. The number of aromatic nitrogens is 1. The number of carboxylic acid groups (broad SMARTS) is 1. The summed E-state index contributed by atoms with van der Waals surface area (Å²) in [6.45, 7) is 0. The van der Waals surface area contributed by atoms with Crippen LogP contribution in [-0.2, 0) is 0 Å². The van der Waals surface area contributed by atoms with Gasteiger partial charge in [0.2, 0.25) is 0 Å². The van der Waals surface area contributed by atoms with Gasteiger partial charge in [-0.2, -0.15) is 0 Å². The second-order valence-corrected chi connectivity index (χ2v) is 4.15. The maximum absolute atomic E-state index is 11.1. The minimum absolute atomic E-state index is 0.0139. The zero-order chi connectivity index (χ0) is 15.4. The number of anilines is 3. The molecule has 0 aliphatic rings. The van der Waals surface area contributed by atoms with Gasteiger partial charge in [0, 0.05) is 6.07 Å². The number of methoxy groups -OCH3 is 2. The molecular weight excluding hydrogens is 274 g/mol. The second-order valence-electron chi connectivity index (χ2n) is 4.15. The van der Waals surface area contributed by atoms with Crippen LogP contribution in [0.3, 0.4) is 0 Å². The van der Waals surface area contributed by atoms with Gasteiger partial charge in [0.05, 0.1) is 37.4 Å². The molecule has 0 fully saturated rings. The number of pyridine rings is 1. The van der Waals surface area contributed by atoms with Crippen LogP contribution in [0, 0.1) is 0 Å². The highest BCUT2D eigenvalue weighted by molar-refractivity contribution is 5.94. The van der Waals surface area contributed by atoms with Crippen LogP contribution in [-0.4, -0.2) is 30.3 Å².